The number of halogens is 1. The van der Waals surface area contributed by atoms with Crippen LogP contribution in [0.2, 0.25) is 0 Å². The minimum atomic E-state index is -3.61. The Bertz CT molecular complexity index is 716. The van der Waals surface area contributed by atoms with Crippen LogP contribution in [0, 0.1) is 5.92 Å². The summed E-state index contributed by atoms with van der Waals surface area (Å²) in [4.78, 5) is 11.3. The van der Waals surface area contributed by atoms with E-state index in [2.05, 4.69) is 9.82 Å². The third-order valence-corrected chi connectivity index (χ3v) is 4.71. The third kappa shape index (κ3) is 4.23. The van der Waals surface area contributed by atoms with Crippen molar-refractivity contribution in [3.05, 3.63) is 42.5 Å². The summed E-state index contributed by atoms with van der Waals surface area (Å²) >= 11 is 5.93. The lowest BCUT2D eigenvalue weighted by Crippen LogP contribution is -2.25. The predicted molar refractivity (Wildman–Crippen MR) is 87.2 cm³/mol. The molecular formula is C15H17ClNO4P. The van der Waals surface area contributed by atoms with Gasteiger partial charge in [0.15, 0.2) is 0 Å². The maximum atomic E-state index is 12.3. The molecule has 2 rings (SSSR count). The molecule has 2 atom stereocenters. The number of methoxy groups -OCH3 is 1. The first-order chi connectivity index (χ1) is 10.4. The monoisotopic (exact) mass is 341 g/mol. The molecule has 0 aliphatic heterocycles. The number of hydrogen-bond acceptors (Lipinski definition) is 4. The van der Waals surface area contributed by atoms with Gasteiger partial charge < -0.3 is 9.26 Å². The van der Waals surface area contributed by atoms with E-state index in [-0.39, 0.29) is 6.54 Å². The topological polar surface area (TPSA) is 64.6 Å². The quantitative estimate of drug-likeness (QED) is 0.636. The fraction of sp³-hybridized carbons (Fsp3) is 0.267. The van der Waals surface area contributed by atoms with Crippen molar-refractivity contribution in [2.75, 3.05) is 13.7 Å². The highest BCUT2D eigenvalue weighted by atomic mass is 35.7. The molecule has 22 heavy (non-hydrogen) atoms. The van der Waals surface area contributed by atoms with Gasteiger partial charge in [-0.2, -0.15) is 0 Å². The Labute approximate surface area is 133 Å². The number of fused-ring (bicyclic) bond motifs is 1. The van der Waals surface area contributed by atoms with Crippen LogP contribution in [0.15, 0.2) is 42.5 Å². The number of ether oxygens (including phenoxy) is 1. The van der Waals surface area contributed by atoms with Crippen molar-refractivity contribution in [3.63, 3.8) is 0 Å². The van der Waals surface area contributed by atoms with Gasteiger partial charge in [-0.1, -0.05) is 43.3 Å². The maximum Gasteiger partial charge on any atom is 0.409 e. The number of nitrogens with one attached hydrogen (secondary N) is 1. The third-order valence-electron chi connectivity index (χ3n) is 3.16. The summed E-state index contributed by atoms with van der Waals surface area (Å²) in [5.74, 6) is -0.461. The molecule has 2 unspecified atom stereocenters. The van der Waals surface area contributed by atoms with Crippen LogP contribution >= 0.6 is 18.1 Å². The van der Waals surface area contributed by atoms with Gasteiger partial charge in [0.25, 0.3) is 0 Å². The molecule has 0 spiro atoms. The van der Waals surface area contributed by atoms with Crippen molar-refractivity contribution in [1.29, 1.82) is 0 Å². The number of esters is 1. The molecule has 5 nitrogen and oxygen atoms in total. The van der Waals surface area contributed by atoms with Gasteiger partial charge in [0, 0.05) is 23.2 Å². The Kier molecular flexibility index (Phi) is 5.46. The van der Waals surface area contributed by atoms with E-state index in [4.69, 9.17) is 15.8 Å². The van der Waals surface area contributed by atoms with Crippen LogP contribution < -0.4 is 9.61 Å². The van der Waals surface area contributed by atoms with Crippen LogP contribution in [0.3, 0.4) is 0 Å². The molecule has 0 radical (unpaired) electrons. The van der Waals surface area contributed by atoms with E-state index in [1.54, 1.807) is 19.1 Å². The fourth-order valence-electron chi connectivity index (χ4n) is 1.96. The van der Waals surface area contributed by atoms with E-state index < -0.39 is 18.8 Å². The molecule has 2 aromatic rings. The van der Waals surface area contributed by atoms with Crippen molar-refractivity contribution >= 4 is 34.9 Å². The van der Waals surface area contributed by atoms with Gasteiger partial charge in [0.1, 0.15) is 5.75 Å². The highest BCUT2D eigenvalue weighted by molar-refractivity contribution is 7.84. The van der Waals surface area contributed by atoms with Gasteiger partial charge >= 0.3 is 12.8 Å². The van der Waals surface area contributed by atoms with E-state index in [9.17, 15) is 9.36 Å². The summed E-state index contributed by atoms with van der Waals surface area (Å²) in [5, 5.41) is 4.36. The van der Waals surface area contributed by atoms with Gasteiger partial charge in [-0.15, -0.1) is 0 Å². The second-order valence-corrected chi connectivity index (χ2v) is 7.63. The summed E-state index contributed by atoms with van der Waals surface area (Å²) in [6.45, 7) is -1.87. The molecule has 0 aliphatic rings. The largest absolute Gasteiger partial charge is 0.469 e. The second kappa shape index (κ2) is 7.14. The summed E-state index contributed by atoms with van der Waals surface area (Å²) in [6.07, 6.45) is 0. The Balaban J connectivity index is 2.11. The lowest BCUT2D eigenvalue weighted by molar-refractivity contribution is -0.144. The Hall–Kier alpha value is -1.55. The van der Waals surface area contributed by atoms with Gasteiger partial charge in [-0.3, -0.25) is 4.79 Å². The average Bonchev–Trinajstić information content (AvgIpc) is 2.52. The number of benzene rings is 2. The van der Waals surface area contributed by atoms with Crippen LogP contribution in [0.1, 0.15) is 6.92 Å². The highest BCUT2D eigenvalue weighted by Crippen LogP contribution is 2.49. The van der Waals surface area contributed by atoms with Crippen LogP contribution in [0.25, 0.3) is 10.8 Å². The summed E-state index contributed by atoms with van der Waals surface area (Å²) in [6, 6.07) is 13.0. The van der Waals surface area contributed by atoms with E-state index in [1.807, 2.05) is 30.3 Å². The van der Waals surface area contributed by atoms with E-state index in [0.717, 1.165) is 10.8 Å². The van der Waals surface area contributed by atoms with Crippen LogP contribution in [-0.2, 0) is 14.1 Å². The zero-order valence-corrected chi connectivity index (χ0v) is 13.9. The number of carbonyl (C=O) groups is 1. The zero-order chi connectivity index (χ0) is 16.2. The number of rotatable bonds is 6. The number of carbonyl (C=O) groups excluding carboxylic acids is 1. The van der Waals surface area contributed by atoms with Gasteiger partial charge in [-0.05, 0) is 11.5 Å². The summed E-state index contributed by atoms with van der Waals surface area (Å²) < 4.78 is 22.4. The molecule has 118 valence electrons. The van der Waals surface area contributed by atoms with Gasteiger partial charge in [0.05, 0.1) is 13.0 Å². The van der Waals surface area contributed by atoms with E-state index >= 15 is 0 Å². The van der Waals surface area contributed by atoms with E-state index in [0.29, 0.717) is 5.75 Å². The second-order valence-electron chi connectivity index (χ2n) is 4.83. The minimum Gasteiger partial charge on any atom is -0.469 e. The molecule has 1 N–H and O–H groups in total. The Morgan fingerprint density at radius 2 is 1.95 bits per heavy atom. The molecule has 7 heteroatoms. The molecule has 0 heterocycles. The smallest absolute Gasteiger partial charge is 0.409 e. The average molecular weight is 342 g/mol. The SMILES string of the molecule is COC(=O)C(C)CNP(=O)(Cl)Oc1cccc2ccccc12. The zero-order valence-electron chi connectivity index (χ0n) is 12.3. The first-order valence-electron chi connectivity index (χ1n) is 6.73. The Morgan fingerprint density at radius 3 is 2.68 bits per heavy atom. The lowest BCUT2D eigenvalue weighted by Gasteiger charge is -2.17. The number of hydrogen-bond donors (Lipinski definition) is 1. The van der Waals surface area contributed by atoms with Crippen LogP contribution in [0.5, 0.6) is 5.75 Å². The molecular weight excluding hydrogens is 325 g/mol. The van der Waals surface area contributed by atoms with Gasteiger partial charge in [-0.25, -0.2) is 9.65 Å². The normalized spacial score (nSPS) is 15.0. The standard InChI is InChI=1S/C15H17ClNO4P/c1-11(15(18)20-2)10-17-22(16,19)21-14-9-5-7-12-6-3-4-8-13(12)14/h3-9,11H,10H2,1-2H3,(H,17,19). The first-order valence-corrected chi connectivity index (χ1v) is 9.26. The predicted octanol–water partition coefficient (Wildman–Crippen LogP) is 3.96. The van der Waals surface area contributed by atoms with Crippen molar-refractivity contribution in [2.45, 2.75) is 6.92 Å². The summed E-state index contributed by atoms with van der Waals surface area (Å²) in [5.41, 5.74) is 0. The maximum absolute atomic E-state index is 12.3. The molecule has 0 saturated carbocycles. The van der Waals surface area contributed by atoms with Crippen LogP contribution in [-0.4, -0.2) is 19.6 Å². The minimum absolute atomic E-state index is 0.0955. The molecule has 0 aromatic heterocycles. The molecule has 0 amide bonds. The van der Waals surface area contributed by atoms with Crippen LogP contribution in [0.4, 0.5) is 0 Å². The molecule has 0 bridgehead atoms. The lowest BCUT2D eigenvalue weighted by atomic mass is 10.1. The molecule has 2 aromatic carbocycles. The highest BCUT2D eigenvalue weighted by Gasteiger charge is 2.24. The molecule has 0 saturated heterocycles. The van der Waals surface area contributed by atoms with E-state index in [1.165, 1.54) is 7.11 Å². The fourth-order valence-corrected chi connectivity index (χ4v) is 3.36. The summed E-state index contributed by atoms with van der Waals surface area (Å²) in [7, 11) is 1.30. The molecule has 0 fully saturated rings. The van der Waals surface area contributed by atoms with Crippen molar-refractivity contribution < 1.29 is 18.6 Å². The van der Waals surface area contributed by atoms with Gasteiger partial charge in [0.2, 0.25) is 0 Å². The van der Waals surface area contributed by atoms with Crippen molar-refractivity contribution in [1.82, 2.24) is 5.09 Å². The van der Waals surface area contributed by atoms with Crippen molar-refractivity contribution in [2.24, 2.45) is 5.92 Å². The van der Waals surface area contributed by atoms with Crippen molar-refractivity contribution in [3.8, 4) is 5.75 Å². The Morgan fingerprint density at radius 1 is 1.27 bits per heavy atom. The molecule has 0 aliphatic carbocycles. The first kappa shape index (κ1) is 16.8.